The van der Waals surface area contributed by atoms with Crippen LogP contribution in [0.1, 0.15) is 16.7 Å². The van der Waals surface area contributed by atoms with Crippen LogP contribution in [-0.4, -0.2) is 52.1 Å². The molecule has 0 bridgehead atoms. The normalized spacial score (nSPS) is 28.5. The highest BCUT2D eigenvalue weighted by Gasteiger charge is 2.67. The molecule has 1 saturated heterocycles. The first-order chi connectivity index (χ1) is 15.5. The Morgan fingerprint density at radius 1 is 0.750 bits per heavy atom. The second-order valence-electron chi connectivity index (χ2n) is 8.55. The Morgan fingerprint density at radius 2 is 1.19 bits per heavy atom. The lowest BCUT2D eigenvalue weighted by Crippen LogP contribution is -2.63. The van der Waals surface area contributed by atoms with Gasteiger partial charge in [-0.2, -0.15) is 0 Å². The average Bonchev–Trinajstić information content (AvgIpc) is 3.02. The number of rotatable bonds is 8. The van der Waals surface area contributed by atoms with Crippen LogP contribution in [0.2, 0.25) is 0 Å². The van der Waals surface area contributed by atoms with E-state index in [-0.39, 0.29) is 19.3 Å². The van der Waals surface area contributed by atoms with Gasteiger partial charge in [-0.25, -0.2) is 0 Å². The molecule has 4 rings (SSSR count). The highest BCUT2D eigenvalue weighted by atomic mass is 16.7. The molecular weight excluding hydrogens is 404 g/mol. The van der Waals surface area contributed by atoms with Gasteiger partial charge in [-0.15, -0.1) is 0 Å². The maximum absolute atomic E-state index is 12.1. The highest BCUT2D eigenvalue weighted by molar-refractivity contribution is 5.28. The van der Waals surface area contributed by atoms with Crippen molar-refractivity contribution in [1.82, 2.24) is 0 Å². The lowest BCUT2D eigenvalue weighted by molar-refractivity contribution is -0.206. The monoisotopic (exact) mass is 434 g/mol. The Hall–Kier alpha value is -2.54. The Morgan fingerprint density at radius 3 is 1.66 bits per heavy atom. The molecule has 32 heavy (non-hydrogen) atoms. The third-order valence-corrected chi connectivity index (χ3v) is 6.36. The van der Waals surface area contributed by atoms with Crippen LogP contribution in [0.3, 0.4) is 0 Å². The van der Waals surface area contributed by atoms with Crippen molar-refractivity contribution in [3.8, 4) is 0 Å². The smallest absolute Gasteiger partial charge is 0.189 e. The van der Waals surface area contributed by atoms with E-state index < -0.39 is 29.7 Å². The molecule has 0 amide bonds. The van der Waals surface area contributed by atoms with Crippen LogP contribution >= 0.6 is 0 Å². The average molecular weight is 435 g/mol. The van der Waals surface area contributed by atoms with Crippen LogP contribution in [0, 0.1) is 0 Å². The quantitative estimate of drug-likeness (QED) is 0.508. The number of hydrogen-bond donors (Lipinski definition) is 3. The second kappa shape index (κ2) is 9.53. The minimum atomic E-state index is -1.79. The SMILES string of the molecule is CO[C@H]1O[C@H](C(O)Cc2ccccc2)[C@](O)(Cc2ccccc2)[C@]1(O)Cc1ccccc1. The van der Waals surface area contributed by atoms with Crippen LogP contribution in [0.5, 0.6) is 0 Å². The first-order valence-corrected chi connectivity index (χ1v) is 10.9. The van der Waals surface area contributed by atoms with Crippen molar-refractivity contribution in [2.45, 2.75) is 49.0 Å². The van der Waals surface area contributed by atoms with E-state index in [1.807, 2.05) is 91.0 Å². The second-order valence-corrected chi connectivity index (χ2v) is 8.55. The zero-order valence-corrected chi connectivity index (χ0v) is 18.2. The maximum atomic E-state index is 12.1. The zero-order chi connectivity index (χ0) is 22.6. The van der Waals surface area contributed by atoms with Crippen molar-refractivity contribution in [2.75, 3.05) is 7.11 Å². The van der Waals surface area contributed by atoms with Crippen LogP contribution in [0.25, 0.3) is 0 Å². The summed E-state index contributed by atoms with van der Waals surface area (Å²) in [5.74, 6) is 0. The van der Waals surface area contributed by atoms with E-state index in [0.29, 0.717) is 0 Å². The number of hydrogen-bond acceptors (Lipinski definition) is 5. The fourth-order valence-corrected chi connectivity index (χ4v) is 4.73. The van der Waals surface area contributed by atoms with Crippen molar-refractivity contribution < 1.29 is 24.8 Å². The molecule has 5 nitrogen and oxygen atoms in total. The minimum absolute atomic E-state index is 0.105. The van der Waals surface area contributed by atoms with Crippen molar-refractivity contribution in [3.05, 3.63) is 108 Å². The van der Waals surface area contributed by atoms with E-state index in [9.17, 15) is 15.3 Å². The molecule has 0 spiro atoms. The van der Waals surface area contributed by atoms with E-state index in [0.717, 1.165) is 16.7 Å². The molecule has 1 fully saturated rings. The highest BCUT2D eigenvalue weighted by Crippen LogP contribution is 2.46. The van der Waals surface area contributed by atoms with Gasteiger partial charge in [0, 0.05) is 26.4 Å². The Labute approximate surface area is 188 Å². The van der Waals surface area contributed by atoms with E-state index in [1.165, 1.54) is 7.11 Å². The first-order valence-electron chi connectivity index (χ1n) is 10.9. The predicted octanol–water partition coefficient (Wildman–Crippen LogP) is 2.91. The molecule has 1 unspecified atom stereocenters. The van der Waals surface area contributed by atoms with Gasteiger partial charge in [-0.3, -0.25) is 0 Å². The Balaban J connectivity index is 1.72. The summed E-state index contributed by atoms with van der Waals surface area (Å²) in [6.07, 6.45) is -2.71. The maximum Gasteiger partial charge on any atom is 0.189 e. The number of methoxy groups -OCH3 is 1. The molecular formula is C27H30O5. The van der Waals surface area contributed by atoms with Gasteiger partial charge < -0.3 is 24.8 Å². The third kappa shape index (κ3) is 4.35. The van der Waals surface area contributed by atoms with Gasteiger partial charge in [0.25, 0.3) is 0 Å². The van der Waals surface area contributed by atoms with Crippen molar-refractivity contribution in [1.29, 1.82) is 0 Å². The lowest BCUT2D eigenvalue weighted by atomic mass is 9.71. The molecule has 1 aliphatic rings. The third-order valence-electron chi connectivity index (χ3n) is 6.36. The minimum Gasteiger partial charge on any atom is -0.390 e. The van der Waals surface area contributed by atoms with Gasteiger partial charge in [-0.05, 0) is 16.7 Å². The molecule has 168 valence electrons. The van der Waals surface area contributed by atoms with Gasteiger partial charge in [0.15, 0.2) is 11.9 Å². The molecule has 3 aromatic carbocycles. The molecule has 0 radical (unpaired) electrons. The van der Waals surface area contributed by atoms with E-state index in [1.54, 1.807) is 0 Å². The van der Waals surface area contributed by atoms with E-state index in [2.05, 4.69) is 0 Å². The molecule has 1 aliphatic heterocycles. The Bertz CT molecular complexity index is 981. The summed E-state index contributed by atoms with van der Waals surface area (Å²) in [6.45, 7) is 0. The van der Waals surface area contributed by atoms with Crippen molar-refractivity contribution in [3.63, 3.8) is 0 Å². The molecule has 3 N–H and O–H groups in total. The standard InChI is InChI=1S/C27H30O5/c1-31-25-27(30,19-22-15-9-4-10-16-22)26(29,18-21-13-7-3-8-14-21)24(32-25)23(28)17-20-11-5-2-6-12-20/h2-16,23-25,28-30H,17-19H2,1H3/t23?,24-,25+,26-,27+/m1/s1. The van der Waals surface area contributed by atoms with Crippen LogP contribution in [0.15, 0.2) is 91.0 Å². The first kappa shape index (κ1) is 22.6. The van der Waals surface area contributed by atoms with E-state index >= 15 is 0 Å². The molecule has 1 heterocycles. The summed E-state index contributed by atoms with van der Waals surface area (Å²) in [7, 11) is 1.44. The number of aliphatic hydroxyl groups is 3. The summed E-state index contributed by atoms with van der Waals surface area (Å²) in [4.78, 5) is 0. The fourth-order valence-electron chi connectivity index (χ4n) is 4.73. The lowest BCUT2D eigenvalue weighted by Gasteiger charge is -2.42. The molecule has 5 atom stereocenters. The molecule has 0 saturated carbocycles. The zero-order valence-electron chi connectivity index (χ0n) is 18.2. The number of benzene rings is 3. The number of aliphatic hydroxyl groups excluding tert-OH is 1. The van der Waals surface area contributed by atoms with Gasteiger partial charge in [0.2, 0.25) is 0 Å². The summed E-state index contributed by atoms with van der Waals surface area (Å²) in [6, 6.07) is 28.4. The van der Waals surface area contributed by atoms with Crippen LogP contribution < -0.4 is 0 Å². The topological polar surface area (TPSA) is 79.2 Å². The van der Waals surface area contributed by atoms with Gasteiger partial charge in [0.05, 0.1) is 6.10 Å². The van der Waals surface area contributed by atoms with Crippen molar-refractivity contribution >= 4 is 0 Å². The summed E-state index contributed by atoms with van der Waals surface area (Å²) < 4.78 is 11.6. The number of ether oxygens (including phenoxy) is 2. The molecule has 0 aromatic heterocycles. The van der Waals surface area contributed by atoms with Crippen LogP contribution in [0.4, 0.5) is 0 Å². The van der Waals surface area contributed by atoms with Crippen LogP contribution in [-0.2, 0) is 28.7 Å². The molecule has 0 aliphatic carbocycles. The Kier molecular flexibility index (Phi) is 6.74. The molecule has 5 heteroatoms. The summed E-state index contributed by atoms with van der Waals surface area (Å²) >= 11 is 0. The van der Waals surface area contributed by atoms with Gasteiger partial charge in [0.1, 0.15) is 11.7 Å². The largest absolute Gasteiger partial charge is 0.390 e. The molecule has 3 aromatic rings. The summed E-state index contributed by atoms with van der Waals surface area (Å²) in [5, 5.41) is 35.3. The van der Waals surface area contributed by atoms with Gasteiger partial charge in [-0.1, -0.05) is 91.0 Å². The van der Waals surface area contributed by atoms with E-state index in [4.69, 9.17) is 9.47 Å². The summed E-state index contributed by atoms with van der Waals surface area (Å²) in [5.41, 5.74) is -0.984. The van der Waals surface area contributed by atoms with Gasteiger partial charge >= 0.3 is 0 Å². The predicted molar refractivity (Wildman–Crippen MR) is 122 cm³/mol. The fraction of sp³-hybridized carbons (Fsp3) is 0.333. The van der Waals surface area contributed by atoms with Crippen molar-refractivity contribution in [2.24, 2.45) is 0 Å².